The van der Waals surface area contributed by atoms with E-state index in [2.05, 4.69) is 4.98 Å². The molecular weight excluding hydrogens is 299 g/mol. The number of Topliss-reactive ketones (excluding diaryl/α,β-unsaturated/α-hetero) is 1. The zero-order valence-electron chi connectivity index (χ0n) is 10.4. The fourth-order valence-corrected chi connectivity index (χ4v) is 1.94. The Hall–Kier alpha value is -2.09. The molecule has 0 aliphatic rings. The lowest BCUT2D eigenvalue weighted by Gasteiger charge is -2.10. The Morgan fingerprint density at radius 3 is 2.65 bits per heavy atom. The summed E-state index contributed by atoms with van der Waals surface area (Å²) in [5, 5.41) is 9.36. The first-order valence-electron chi connectivity index (χ1n) is 5.56. The van der Waals surface area contributed by atoms with Crippen LogP contribution in [-0.2, 0) is 0 Å². The van der Waals surface area contributed by atoms with Crippen molar-refractivity contribution >= 4 is 29.0 Å². The summed E-state index contributed by atoms with van der Waals surface area (Å²) in [5.74, 6) is 0.489. The second-order valence-electron chi connectivity index (χ2n) is 3.89. The number of ketones is 1. The van der Waals surface area contributed by atoms with Gasteiger partial charge in [0.2, 0.25) is 0 Å². The Balaban J connectivity index is 2.39. The smallest absolute Gasteiger partial charge is 0.159 e. The van der Waals surface area contributed by atoms with E-state index in [1.807, 2.05) is 6.07 Å². The van der Waals surface area contributed by atoms with E-state index in [1.54, 1.807) is 12.1 Å². The van der Waals surface area contributed by atoms with E-state index >= 15 is 0 Å². The summed E-state index contributed by atoms with van der Waals surface area (Å²) in [4.78, 5) is 15.0. The van der Waals surface area contributed by atoms with E-state index in [1.165, 1.54) is 25.3 Å². The van der Waals surface area contributed by atoms with Gasteiger partial charge in [0.15, 0.2) is 10.9 Å². The molecule has 0 radical (unpaired) electrons. The summed E-state index contributed by atoms with van der Waals surface area (Å²) in [5.41, 5.74) is 0.608. The van der Waals surface area contributed by atoms with Crippen molar-refractivity contribution in [2.75, 3.05) is 0 Å². The van der Waals surface area contributed by atoms with E-state index in [4.69, 9.17) is 33.2 Å². The average Bonchev–Trinajstić information content (AvgIpc) is 2.41. The number of benzene rings is 1. The van der Waals surface area contributed by atoms with Crippen LogP contribution in [-0.4, -0.2) is 10.8 Å². The normalized spacial score (nSPS) is 9.90. The van der Waals surface area contributed by atoms with E-state index in [9.17, 15) is 4.79 Å². The van der Waals surface area contributed by atoms with Crippen molar-refractivity contribution in [3.8, 4) is 17.6 Å². The Morgan fingerprint density at radius 1 is 1.30 bits per heavy atom. The number of ether oxygens (including phenoxy) is 1. The van der Waals surface area contributed by atoms with Crippen molar-refractivity contribution in [2.24, 2.45) is 0 Å². The van der Waals surface area contributed by atoms with Gasteiger partial charge in [-0.3, -0.25) is 4.79 Å². The third kappa shape index (κ3) is 2.90. The fraction of sp³-hybridized carbons (Fsp3) is 0.0714. The van der Waals surface area contributed by atoms with Crippen LogP contribution in [0.25, 0.3) is 0 Å². The number of carbonyl (C=O) groups is 1. The Kier molecular flexibility index (Phi) is 4.23. The number of hydrogen-bond acceptors (Lipinski definition) is 4. The van der Waals surface area contributed by atoms with Gasteiger partial charge in [-0.25, -0.2) is 4.98 Å². The molecule has 6 heteroatoms. The van der Waals surface area contributed by atoms with Crippen molar-refractivity contribution in [3.05, 3.63) is 51.8 Å². The molecule has 0 aliphatic carbocycles. The van der Waals surface area contributed by atoms with Crippen LogP contribution >= 0.6 is 23.2 Å². The zero-order chi connectivity index (χ0) is 14.7. The topological polar surface area (TPSA) is 63.0 Å². The molecule has 1 aromatic carbocycles. The van der Waals surface area contributed by atoms with Gasteiger partial charge in [0.25, 0.3) is 0 Å². The Labute approximate surface area is 125 Å². The van der Waals surface area contributed by atoms with Crippen LogP contribution in [0.1, 0.15) is 22.8 Å². The van der Waals surface area contributed by atoms with Crippen molar-refractivity contribution in [2.45, 2.75) is 6.92 Å². The third-order valence-electron chi connectivity index (χ3n) is 2.54. The minimum Gasteiger partial charge on any atom is -0.454 e. The highest BCUT2D eigenvalue weighted by Crippen LogP contribution is 2.33. The average molecular weight is 307 g/mol. The molecule has 0 bridgehead atoms. The number of nitrogens with zero attached hydrogens (tertiary/aromatic N) is 2. The van der Waals surface area contributed by atoms with E-state index in [-0.39, 0.29) is 27.3 Å². The summed E-state index contributed by atoms with van der Waals surface area (Å²) < 4.78 is 5.56. The second-order valence-corrected chi connectivity index (χ2v) is 4.66. The maximum Gasteiger partial charge on any atom is 0.159 e. The van der Waals surface area contributed by atoms with Gasteiger partial charge >= 0.3 is 0 Å². The van der Waals surface area contributed by atoms with Crippen LogP contribution in [0.2, 0.25) is 10.2 Å². The first-order valence-corrected chi connectivity index (χ1v) is 6.31. The maximum atomic E-state index is 11.2. The molecule has 0 aliphatic heterocycles. The minimum atomic E-state index is -0.0943. The molecule has 0 spiro atoms. The summed E-state index contributed by atoms with van der Waals surface area (Å²) in [7, 11) is 0. The summed E-state index contributed by atoms with van der Waals surface area (Å²) in [6.45, 7) is 1.45. The van der Waals surface area contributed by atoms with Crippen molar-refractivity contribution < 1.29 is 9.53 Å². The third-order valence-corrected chi connectivity index (χ3v) is 3.12. The summed E-state index contributed by atoms with van der Waals surface area (Å²) in [6.07, 6.45) is 1.43. The molecule has 0 saturated carbocycles. The highest BCUT2D eigenvalue weighted by atomic mass is 35.5. The molecule has 0 amide bonds. The molecule has 0 atom stereocenters. The molecule has 0 saturated heterocycles. The number of halogens is 2. The molecule has 20 heavy (non-hydrogen) atoms. The number of hydrogen-bond donors (Lipinski definition) is 0. The summed E-state index contributed by atoms with van der Waals surface area (Å²) >= 11 is 11.9. The van der Waals surface area contributed by atoms with Gasteiger partial charge in [-0.15, -0.1) is 0 Å². The van der Waals surface area contributed by atoms with Crippen LogP contribution in [0, 0.1) is 11.3 Å². The van der Waals surface area contributed by atoms with E-state index in [0.29, 0.717) is 11.3 Å². The molecule has 0 unspecified atom stereocenters. The van der Waals surface area contributed by atoms with Crippen molar-refractivity contribution in [1.82, 2.24) is 4.98 Å². The SMILES string of the molecule is CC(=O)c1ccc(Oc2ccnc(Cl)c2C#N)c(Cl)c1. The lowest BCUT2D eigenvalue weighted by molar-refractivity contribution is 0.101. The van der Waals surface area contributed by atoms with Crippen LogP contribution in [0.4, 0.5) is 0 Å². The molecule has 100 valence electrons. The van der Waals surface area contributed by atoms with Crippen molar-refractivity contribution in [1.29, 1.82) is 5.26 Å². The van der Waals surface area contributed by atoms with Gasteiger partial charge < -0.3 is 4.74 Å². The van der Waals surface area contributed by atoms with Gasteiger partial charge in [-0.2, -0.15) is 5.26 Å². The standard InChI is InChI=1S/C14H8Cl2N2O2/c1-8(19)9-2-3-13(11(15)6-9)20-12-4-5-18-14(16)10(12)7-17/h2-6H,1H3. The van der Waals surface area contributed by atoms with Crippen molar-refractivity contribution in [3.63, 3.8) is 0 Å². The van der Waals surface area contributed by atoms with Gasteiger partial charge in [0.1, 0.15) is 23.1 Å². The van der Waals surface area contributed by atoms with Crippen LogP contribution in [0.5, 0.6) is 11.5 Å². The largest absolute Gasteiger partial charge is 0.454 e. The molecule has 1 heterocycles. The van der Waals surface area contributed by atoms with Gasteiger partial charge in [0, 0.05) is 17.8 Å². The predicted molar refractivity (Wildman–Crippen MR) is 75.5 cm³/mol. The zero-order valence-corrected chi connectivity index (χ0v) is 11.9. The molecular formula is C14H8Cl2N2O2. The van der Waals surface area contributed by atoms with Gasteiger partial charge in [0.05, 0.1) is 5.02 Å². The number of pyridine rings is 1. The maximum absolute atomic E-state index is 11.2. The highest BCUT2D eigenvalue weighted by Gasteiger charge is 2.12. The first kappa shape index (κ1) is 14.3. The van der Waals surface area contributed by atoms with Crippen LogP contribution < -0.4 is 4.74 Å². The predicted octanol–water partition coefficient (Wildman–Crippen LogP) is 4.25. The lowest BCUT2D eigenvalue weighted by atomic mass is 10.1. The van der Waals surface area contributed by atoms with Gasteiger partial charge in [-0.05, 0) is 25.1 Å². The number of nitriles is 1. The Morgan fingerprint density at radius 2 is 2.05 bits per heavy atom. The molecule has 0 N–H and O–H groups in total. The number of carbonyl (C=O) groups excluding carboxylic acids is 1. The second kappa shape index (κ2) is 5.91. The highest BCUT2D eigenvalue weighted by molar-refractivity contribution is 6.32. The minimum absolute atomic E-state index is 0.0569. The molecule has 2 rings (SSSR count). The molecule has 1 aromatic heterocycles. The quantitative estimate of drug-likeness (QED) is 0.628. The van der Waals surface area contributed by atoms with Gasteiger partial charge in [-0.1, -0.05) is 23.2 Å². The van der Waals surface area contributed by atoms with Crippen LogP contribution in [0.15, 0.2) is 30.5 Å². The number of aromatic nitrogens is 1. The van der Waals surface area contributed by atoms with Crippen LogP contribution in [0.3, 0.4) is 0 Å². The molecule has 2 aromatic rings. The molecule has 0 fully saturated rings. The first-order chi connectivity index (χ1) is 9.52. The monoisotopic (exact) mass is 306 g/mol. The Bertz CT molecular complexity index is 724. The summed E-state index contributed by atoms with van der Waals surface area (Å²) in [6, 6.07) is 8.10. The molecule has 4 nitrogen and oxygen atoms in total. The fourth-order valence-electron chi connectivity index (χ4n) is 1.53. The lowest BCUT2D eigenvalue weighted by Crippen LogP contribution is -1.95. The number of rotatable bonds is 3. The van der Waals surface area contributed by atoms with E-state index in [0.717, 1.165) is 0 Å². The van der Waals surface area contributed by atoms with E-state index < -0.39 is 0 Å².